The molecule has 0 saturated heterocycles. The summed E-state index contributed by atoms with van der Waals surface area (Å²) in [6, 6.07) is 8.24. The van der Waals surface area contributed by atoms with Crippen LogP contribution in [0.15, 0.2) is 36.5 Å². The first-order valence-corrected chi connectivity index (χ1v) is 7.27. The van der Waals surface area contributed by atoms with E-state index in [0.29, 0.717) is 11.3 Å². The van der Waals surface area contributed by atoms with Crippen LogP contribution in [0.5, 0.6) is 0 Å². The Labute approximate surface area is 136 Å². The van der Waals surface area contributed by atoms with E-state index in [1.807, 2.05) is 0 Å². The van der Waals surface area contributed by atoms with Crippen molar-refractivity contribution in [1.29, 1.82) is 0 Å². The molecule has 2 N–H and O–H groups in total. The number of halogens is 2. The smallest absolute Gasteiger partial charge is 0.356 e. The largest absolute Gasteiger partial charge is 0.476 e. The molecule has 0 radical (unpaired) electrons. The summed E-state index contributed by atoms with van der Waals surface area (Å²) in [6.45, 7) is 1.35. The zero-order valence-electron chi connectivity index (χ0n) is 12.8. The second-order valence-electron chi connectivity index (χ2n) is 6.02. The van der Waals surface area contributed by atoms with Crippen LogP contribution in [0.3, 0.4) is 0 Å². The number of carbonyl (C=O) groups is 2. The molecule has 0 aliphatic heterocycles. The minimum Gasteiger partial charge on any atom is -0.476 e. The number of carboxylic acid groups (broad SMARTS) is 1. The topological polar surface area (TPSA) is 84.2 Å². The number of alkyl halides is 2. The molecule has 2 aromatic rings. The maximum atomic E-state index is 13.2. The van der Waals surface area contributed by atoms with Crippen molar-refractivity contribution in [3.63, 3.8) is 0 Å². The zero-order valence-corrected chi connectivity index (χ0v) is 12.8. The molecular weight excluding hydrogens is 320 g/mol. The summed E-state index contributed by atoms with van der Waals surface area (Å²) in [7, 11) is 0. The molecule has 0 bridgehead atoms. The van der Waals surface area contributed by atoms with E-state index in [1.54, 1.807) is 24.3 Å². The van der Waals surface area contributed by atoms with E-state index in [9.17, 15) is 18.4 Å². The molecule has 6 nitrogen and oxygen atoms in total. The van der Waals surface area contributed by atoms with Crippen LogP contribution in [-0.2, 0) is 11.3 Å². The van der Waals surface area contributed by atoms with E-state index >= 15 is 0 Å². The minimum absolute atomic E-state index is 0.0856. The molecule has 1 unspecified atom stereocenters. The summed E-state index contributed by atoms with van der Waals surface area (Å²) in [4.78, 5) is 22.7. The molecule has 24 heavy (non-hydrogen) atoms. The Morgan fingerprint density at radius 2 is 2.08 bits per heavy atom. The third-order valence-electron chi connectivity index (χ3n) is 4.20. The molecule has 1 heterocycles. The van der Waals surface area contributed by atoms with Gasteiger partial charge in [-0.1, -0.05) is 12.1 Å². The summed E-state index contributed by atoms with van der Waals surface area (Å²) in [6.07, 6.45) is 1.07. The molecule has 1 aliphatic carbocycles. The number of amides is 1. The second-order valence-corrected chi connectivity index (χ2v) is 6.02. The van der Waals surface area contributed by atoms with Gasteiger partial charge in [0, 0.05) is 19.2 Å². The molecule has 1 saturated carbocycles. The molecule has 1 aromatic carbocycles. The minimum atomic E-state index is -2.94. The average Bonchev–Trinajstić information content (AvgIpc) is 2.92. The summed E-state index contributed by atoms with van der Waals surface area (Å²) in [5, 5.41) is 15.3. The highest BCUT2D eigenvalue weighted by Crippen LogP contribution is 2.60. The van der Waals surface area contributed by atoms with E-state index < -0.39 is 29.6 Å². The number of aromatic carboxylic acids is 1. The lowest BCUT2D eigenvalue weighted by molar-refractivity contribution is -0.129. The Hall–Kier alpha value is -2.77. The first-order valence-electron chi connectivity index (χ1n) is 7.27. The van der Waals surface area contributed by atoms with E-state index in [1.165, 1.54) is 23.9 Å². The predicted molar refractivity (Wildman–Crippen MR) is 80.0 cm³/mol. The van der Waals surface area contributed by atoms with E-state index in [2.05, 4.69) is 10.4 Å². The number of nitrogens with one attached hydrogen (secondary N) is 1. The van der Waals surface area contributed by atoms with Gasteiger partial charge in [0.1, 0.15) is 5.41 Å². The van der Waals surface area contributed by atoms with Crippen molar-refractivity contribution < 1.29 is 23.5 Å². The number of carboxylic acids is 1. The first kappa shape index (κ1) is 16.1. The van der Waals surface area contributed by atoms with Crippen molar-refractivity contribution in [2.75, 3.05) is 0 Å². The van der Waals surface area contributed by atoms with Crippen LogP contribution in [0.2, 0.25) is 0 Å². The van der Waals surface area contributed by atoms with Gasteiger partial charge < -0.3 is 10.4 Å². The van der Waals surface area contributed by atoms with Crippen LogP contribution in [0.1, 0.15) is 29.4 Å². The zero-order chi connectivity index (χ0) is 17.5. The maximum Gasteiger partial charge on any atom is 0.356 e. The van der Waals surface area contributed by atoms with Crippen LogP contribution < -0.4 is 5.32 Å². The third-order valence-corrected chi connectivity index (χ3v) is 4.20. The fourth-order valence-electron chi connectivity index (χ4n) is 2.41. The second kappa shape index (κ2) is 5.40. The van der Waals surface area contributed by atoms with Gasteiger partial charge in [0.05, 0.1) is 5.69 Å². The van der Waals surface area contributed by atoms with Gasteiger partial charge in [-0.2, -0.15) is 5.10 Å². The monoisotopic (exact) mass is 335 g/mol. The Morgan fingerprint density at radius 1 is 1.38 bits per heavy atom. The lowest BCUT2D eigenvalue weighted by Gasteiger charge is -2.12. The number of aromatic nitrogens is 2. The van der Waals surface area contributed by atoms with E-state index in [-0.39, 0.29) is 12.2 Å². The number of carbonyl (C=O) groups excluding carboxylic acids is 1. The Morgan fingerprint density at radius 3 is 2.67 bits per heavy atom. The van der Waals surface area contributed by atoms with Gasteiger partial charge in [-0.25, -0.2) is 18.3 Å². The lowest BCUT2D eigenvalue weighted by Crippen LogP contribution is -2.33. The lowest BCUT2D eigenvalue weighted by atomic mass is 10.1. The molecule has 1 amide bonds. The third kappa shape index (κ3) is 2.75. The van der Waals surface area contributed by atoms with Gasteiger partial charge in [-0.05, 0) is 30.7 Å². The molecule has 8 heteroatoms. The molecule has 126 valence electrons. The maximum absolute atomic E-state index is 13.2. The standard InChI is InChI=1S/C16H15F2N3O3/c1-15(9-16(15,17)18)14(24)19-8-10-3-2-4-11(7-10)21-6-5-12(20-21)13(22)23/h2-7H,8-9H2,1H3,(H,19,24)(H,22,23). The van der Waals surface area contributed by atoms with Crippen LogP contribution in [0.25, 0.3) is 5.69 Å². The number of hydrogen-bond donors (Lipinski definition) is 2. The number of nitrogens with zero attached hydrogens (tertiary/aromatic N) is 2. The summed E-state index contributed by atoms with van der Waals surface area (Å²) < 4.78 is 27.8. The predicted octanol–water partition coefficient (Wildman–Crippen LogP) is 2.23. The molecule has 0 spiro atoms. The van der Waals surface area contributed by atoms with Crippen molar-refractivity contribution in [2.45, 2.75) is 25.8 Å². The number of hydrogen-bond acceptors (Lipinski definition) is 3. The van der Waals surface area contributed by atoms with Crippen LogP contribution in [0.4, 0.5) is 8.78 Å². The van der Waals surface area contributed by atoms with Gasteiger partial charge in [0.15, 0.2) is 5.69 Å². The Kier molecular flexibility index (Phi) is 3.62. The van der Waals surface area contributed by atoms with Crippen molar-refractivity contribution in [2.24, 2.45) is 5.41 Å². The van der Waals surface area contributed by atoms with Gasteiger partial charge in [0.2, 0.25) is 5.91 Å². The fourth-order valence-corrected chi connectivity index (χ4v) is 2.41. The van der Waals surface area contributed by atoms with Crippen LogP contribution >= 0.6 is 0 Å². The highest BCUT2D eigenvalue weighted by molar-refractivity contribution is 5.87. The molecule has 1 atom stereocenters. The van der Waals surface area contributed by atoms with Gasteiger partial charge in [-0.3, -0.25) is 4.79 Å². The van der Waals surface area contributed by atoms with Crippen molar-refractivity contribution in [3.8, 4) is 5.69 Å². The Balaban J connectivity index is 1.69. The molecular formula is C16H15F2N3O3. The normalized spacial score (nSPS) is 21.3. The summed E-state index contributed by atoms with van der Waals surface area (Å²) in [5.41, 5.74) is -0.404. The van der Waals surface area contributed by atoms with Gasteiger partial charge >= 0.3 is 5.97 Å². The van der Waals surface area contributed by atoms with Crippen molar-refractivity contribution in [1.82, 2.24) is 15.1 Å². The Bertz CT molecular complexity index is 818. The van der Waals surface area contributed by atoms with Gasteiger partial charge in [0.25, 0.3) is 5.92 Å². The summed E-state index contributed by atoms with van der Waals surface area (Å²) in [5.74, 6) is -4.75. The SMILES string of the molecule is CC1(C(=O)NCc2cccc(-n3ccc(C(=O)O)n3)c2)CC1(F)F. The van der Waals surface area contributed by atoms with E-state index in [0.717, 1.165) is 0 Å². The number of benzene rings is 1. The first-order chi connectivity index (χ1) is 11.2. The van der Waals surface area contributed by atoms with Crippen molar-refractivity contribution >= 4 is 11.9 Å². The highest BCUT2D eigenvalue weighted by Gasteiger charge is 2.72. The molecule has 3 rings (SSSR count). The average molecular weight is 335 g/mol. The fraction of sp³-hybridized carbons (Fsp3) is 0.312. The molecule has 1 aliphatic rings. The van der Waals surface area contributed by atoms with E-state index in [4.69, 9.17) is 5.11 Å². The highest BCUT2D eigenvalue weighted by atomic mass is 19.3. The molecule has 1 aromatic heterocycles. The van der Waals surface area contributed by atoms with Gasteiger partial charge in [-0.15, -0.1) is 0 Å². The van der Waals surface area contributed by atoms with Crippen LogP contribution in [-0.4, -0.2) is 32.7 Å². The quantitative estimate of drug-likeness (QED) is 0.878. The van der Waals surface area contributed by atoms with Crippen LogP contribution in [0, 0.1) is 5.41 Å². The molecule has 1 fully saturated rings. The van der Waals surface area contributed by atoms with Crippen molar-refractivity contribution in [3.05, 3.63) is 47.8 Å². The summed E-state index contributed by atoms with van der Waals surface area (Å²) >= 11 is 0. The number of rotatable bonds is 5.